The highest BCUT2D eigenvalue weighted by Crippen LogP contribution is 2.30. The van der Waals surface area contributed by atoms with Crippen molar-refractivity contribution >= 4 is 21.6 Å². The van der Waals surface area contributed by atoms with Gasteiger partial charge in [0.2, 0.25) is 15.9 Å². The van der Waals surface area contributed by atoms with Crippen LogP contribution >= 0.6 is 0 Å². The SMILES string of the molecule is CC(C)N(Cc1ccccc1)C(=O)CCS(=O)(=O)N1CCc2ccccc21. The third kappa shape index (κ3) is 4.50. The van der Waals surface area contributed by atoms with E-state index in [-0.39, 0.29) is 24.1 Å². The summed E-state index contributed by atoms with van der Waals surface area (Å²) >= 11 is 0. The maximum atomic E-state index is 12.8. The van der Waals surface area contributed by atoms with Crippen molar-refractivity contribution in [2.24, 2.45) is 0 Å². The Kier molecular flexibility index (Phi) is 5.85. The molecule has 0 aromatic heterocycles. The van der Waals surface area contributed by atoms with E-state index in [9.17, 15) is 13.2 Å². The zero-order valence-electron chi connectivity index (χ0n) is 15.8. The molecule has 0 saturated heterocycles. The zero-order chi connectivity index (χ0) is 19.4. The second kappa shape index (κ2) is 8.13. The van der Waals surface area contributed by atoms with E-state index in [1.165, 1.54) is 4.31 Å². The summed E-state index contributed by atoms with van der Waals surface area (Å²) in [5.41, 5.74) is 2.83. The molecule has 1 aliphatic heterocycles. The van der Waals surface area contributed by atoms with Gasteiger partial charge >= 0.3 is 0 Å². The Bertz CT molecular complexity index is 895. The number of para-hydroxylation sites is 1. The minimum atomic E-state index is -3.51. The molecule has 2 aromatic rings. The van der Waals surface area contributed by atoms with Crippen LogP contribution in [-0.2, 0) is 27.8 Å². The molecule has 1 amide bonds. The van der Waals surface area contributed by atoms with E-state index in [4.69, 9.17) is 0 Å². The van der Waals surface area contributed by atoms with Gasteiger partial charge in [0.25, 0.3) is 0 Å². The van der Waals surface area contributed by atoms with Gasteiger partial charge in [-0.2, -0.15) is 0 Å². The molecule has 1 heterocycles. The molecular formula is C21H26N2O3S. The summed E-state index contributed by atoms with van der Waals surface area (Å²) in [7, 11) is -3.51. The predicted molar refractivity (Wildman–Crippen MR) is 108 cm³/mol. The van der Waals surface area contributed by atoms with Gasteiger partial charge in [0.15, 0.2) is 0 Å². The minimum Gasteiger partial charge on any atom is -0.336 e. The fourth-order valence-electron chi connectivity index (χ4n) is 3.41. The predicted octanol–water partition coefficient (Wildman–Crippen LogP) is 3.21. The number of amides is 1. The molecule has 0 fully saturated rings. The van der Waals surface area contributed by atoms with Crippen molar-refractivity contribution < 1.29 is 13.2 Å². The molecule has 0 unspecified atom stereocenters. The smallest absolute Gasteiger partial charge is 0.235 e. The van der Waals surface area contributed by atoms with Gasteiger partial charge < -0.3 is 4.90 Å². The van der Waals surface area contributed by atoms with Crippen molar-refractivity contribution in [1.82, 2.24) is 4.90 Å². The molecule has 144 valence electrons. The lowest BCUT2D eigenvalue weighted by atomic mass is 10.2. The molecule has 27 heavy (non-hydrogen) atoms. The molecule has 0 bridgehead atoms. The Labute approximate surface area is 161 Å². The van der Waals surface area contributed by atoms with Gasteiger partial charge in [-0.3, -0.25) is 9.10 Å². The van der Waals surface area contributed by atoms with Gasteiger partial charge in [0.05, 0.1) is 11.4 Å². The Hall–Kier alpha value is -2.34. The number of benzene rings is 2. The summed E-state index contributed by atoms with van der Waals surface area (Å²) in [4.78, 5) is 14.5. The van der Waals surface area contributed by atoms with Gasteiger partial charge in [-0.15, -0.1) is 0 Å². The lowest BCUT2D eigenvalue weighted by Gasteiger charge is -2.27. The van der Waals surface area contributed by atoms with Crippen molar-refractivity contribution in [3.8, 4) is 0 Å². The quantitative estimate of drug-likeness (QED) is 0.734. The average Bonchev–Trinajstić information content (AvgIpc) is 3.10. The van der Waals surface area contributed by atoms with Crippen molar-refractivity contribution in [3.63, 3.8) is 0 Å². The van der Waals surface area contributed by atoms with E-state index >= 15 is 0 Å². The maximum absolute atomic E-state index is 12.8. The highest BCUT2D eigenvalue weighted by Gasteiger charge is 2.30. The Morgan fingerprint density at radius 3 is 2.44 bits per heavy atom. The monoisotopic (exact) mass is 386 g/mol. The average molecular weight is 387 g/mol. The molecule has 3 rings (SSSR count). The van der Waals surface area contributed by atoms with Crippen molar-refractivity contribution in [1.29, 1.82) is 0 Å². The summed E-state index contributed by atoms with van der Waals surface area (Å²) in [5, 5.41) is 0. The van der Waals surface area contributed by atoms with Gasteiger partial charge in [0, 0.05) is 25.6 Å². The van der Waals surface area contributed by atoms with Gasteiger partial charge in [0.1, 0.15) is 0 Å². The molecule has 0 N–H and O–H groups in total. The maximum Gasteiger partial charge on any atom is 0.235 e. The van der Waals surface area contributed by atoms with E-state index in [0.29, 0.717) is 13.1 Å². The molecular weight excluding hydrogens is 360 g/mol. The molecule has 1 aliphatic rings. The number of hydrogen-bond acceptors (Lipinski definition) is 3. The van der Waals surface area contributed by atoms with Crippen molar-refractivity contribution in [2.45, 2.75) is 39.3 Å². The topological polar surface area (TPSA) is 57.7 Å². The highest BCUT2D eigenvalue weighted by atomic mass is 32.2. The summed E-state index contributed by atoms with van der Waals surface area (Å²) in [6.07, 6.45) is 0.710. The number of rotatable bonds is 7. The van der Waals surface area contributed by atoms with Crippen LogP contribution in [0, 0.1) is 0 Å². The van der Waals surface area contributed by atoms with Crippen LogP contribution in [0.3, 0.4) is 0 Å². The van der Waals surface area contributed by atoms with Crippen LogP contribution < -0.4 is 4.31 Å². The zero-order valence-corrected chi connectivity index (χ0v) is 16.7. The lowest BCUT2D eigenvalue weighted by molar-refractivity contribution is -0.133. The van der Waals surface area contributed by atoms with E-state index in [1.54, 1.807) is 4.90 Å². The molecule has 2 aromatic carbocycles. The molecule has 0 radical (unpaired) electrons. The number of fused-ring (bicyclic) bond motifs is 1. The summed E-state index contributed by atoms with van der Waals surface area (Å²) in [6, 6.07) is 17.3. The first kappa shape index (κ1) is 19.4. The number of nitrogens with zero attached hydrogens (tertiary/aromatic N) is 2. The summed E-state index contributed by atoms with van der Waals surface area (Å²) < 4.78 is 27.1. The first-order chi connectivity index (χ1) is 12.9. The summed E-state index contributed by atoms with van der Waals surface area (Å²) in [5.74, 6) is -0.303. The fourth-order valence-corrected chi connectivity index (χ4v) is 4.91. The van der Waals surface area contributed by atoms with Crippen LogP contribution in [0.2, 0.25) is 0 Å². The molecule has 0 aliphatic carbocycles. The van der Waals surface area contributed by atoms with Gasteiger partial charge in [-0.25, -0.2) is 8.42 Å². The van der Waals surface area contributed by atoms with Crippen LogP contribution in [0.1, 0.15) is 31.4 Å². The van der Waals surface area contributed by atoms with E-state index in [2.05, 4.69) is 0 Å². The highest BCUT2D eigenvalue weighted by molar-refractivity contribution is 7.92. The van der Waals surface area contributed by atoms with Crippen LogP contribution in [0.25, 0.3) is 0 Å². The third-order valence-electron chi connectivity index (χ3n) is 4.89. The Balaban J connectivity index is 1.66. The van der Waals surface area contributed by atoms with Crippen LogP contribution in [0.15, 0.2) is 54.6 Å². The van der Waals surface area contributed by atoms with Crippen LogP contribution in [0.4, 0.5) is 5.69 Å². The number of sulfonamides is 1. The Morgan fingerprint density at radius 2 is 1.74 bits per heavy atom. The molecule has 0 saturated carbocycles. The largest absolute Gasteiger partial charge is 0.336 e. The number of carbonyl (C=O) groups excluding carboxylic acids is 1. The number of carbonyl (C=O) groups is 1. The van der Waals surface area contributed by atoms with Crippen LogP contribution in [-0.4, -0.2) is 37.6 Å². The Morgan fingerprint density at radius 1 is 1.07 bits per heavy atom. The first-order valence-corrected chi connectivity index (χ1v) is 10.9. The lowest BCUT2D eigenvalue weighted by Crippen LogP contribution is -2.39. The number of hydrogen-bond donors (Lipinski definition) is 0. The molecule has 5 nitrogen and oxygen atoms in total. The second-order valence-corrected chi connectivity index (χ2v) is 9.13. The standard InChI is InChI=1S/C21H26N2O3S/c1-17(2)22(16-18-8-4-3-5-9-18)21(24)13-15-27(25,26)23-14-12-19-10-6-7-11-20(19)23/h3-11,17H,12-16H2,1-2H3. The van der Waals surface area contributed by atoms with Crippen molar-refractivity contribution in [2.75, 3.05) is 16.6 Å². The number of anilines is 1. The second-order valence-electron chi connectivity index (χ2n) is 7.12. The van der Waals surface area contributed by atoms with E-state index in [1.807, 2.05) is 68.4 Å². The first-order valence-electron chi connectivity index (χ1n) is 9.30. The molecule has 6 heteroatoms. The molecule has 0 spiro atoms. The molecule has 0 atom stereocenters. The fraction of sp³-hybridized carbons (Fsp3) is 0.381. The third-order valence-corrected chi connectivity index (χ3v) is 6.66. The minimum absolute atomic E-state index is 0.00734. The van der Waals surface area contributed by atoms with E-state index < -0.39 is 10.0 Å². The van der Waals surface area contributed by atoms with Gasteiger partial charge in [-0.05, 0) is 37.5 Å². The normalized spacial score (nSPS) is 13.7. The van der Waals surface area contributed by atoms with E-state index in [0.717, 1.165) is 23.2 Å². The van der Waals surface area contributed by atoms with Crippen LogP contribution in [0.5, 0.6) is 0 Å². The van der Waals surface area contributed by atoms with Gasteiger partial charge in [-0.1, -0.05) is 48.5 Å². The summed E-state index contributed by atoms with van der Waals surface area (Å²) in [6.45, 7) is 4.84. The van der Waals surface area contributed by atoms with Crippen molar-refractivity contribution in [3.05, 3.63) is 65.7 Å².